The second-order valence-corrected chi connectivity index (χ2v) is 11.9. The molecule has 0 saturated carbocycles. The fraction of sp³-hybridized carbons (Fsp3) is 0. The maximum absolute atomic E-state index is 9.00. The Labute approximate surface area is 297 Å². The molecule has 0 aliphatic heterocycles. The van der Waals surface area contributed by atoms with Gasteiger partial charge in [0, 0.05) is 43.8 Å². The first kappa shape index (κ1) is 21.9. The third kappa shape index (κ3) is 4.75. The Balaban J connectivity index is 1.18. The average Bonchev–Trinajstić information content (AvgIpc) is 3.84. The predicted molar refractivity (Wildman–Crippen MR) is 202 cm³/mol. The van der Waals surface area contributed by atoms with Crippen molar-refractivity contribution in [3.63, 3.8) is 0 Å². The summed E-state index contributed by atoms with van der Waals surface area (Å²) in [5.41, 5.74) is 6.04. The van der Waals surface area contributed by atoms with Gasteiger partial charge in [0.15, 0.2) is 17.5 Å². The molecule has 0 atom stereocenters. The molecule has 3 heterocycles. The van der Waals surface area contributed by atoms with Crippen molar-refractivity contribution in [2.75, 3.05) is 0 Å². The second-order valence-electron chi connectivity index (χ2n) is 11.9. The van der Waals surface area contributed by atoms with Crippen LogP contribution in [0.1, 0.15) is 9.60 Å². The molecule has 5 nitrogen and oxygen atoms in total. The second kappa shape index (κ2) is 11.4. The number of para-hydroxylation sites is 3. The van der Waals surface area contributed by atoms with Gasteiger partial charge in [-0.05, 0) is 53.1 Å². The number of hydrogen-bond donors (Lipinski definition) is 0. The van der Waals surface area contributed by atoms with Crippen LogP contribution in [0.15, 0.2) is 172 Å². The van der Waals surface area contributed by atoms with E-state index in [2.05, 4.69) is 0 Å². The summed E-state index contributed by atoms with van der Waals surface area (Å²) >= 11 is 0. The van der Waals surface area contributed by atoms with Crippen LogP contribution in [0.4, 0.5) is 0 Å². The molecule has 0 unspecified atom stereocenters. The van der Waals surface area contributed by atoms with Crippen molar-refractivity contribution in [3.8, 4) is 56.4 Å². The Kier molecular flexibility index (Phi) is 4.99. The van der Waals surface area contributed by atoms with Gasteiger partial charge in [-0.2, -0.15) is 0 Å². The van der Waals surface area contributed by atoms with E-state index in [1.165, 1.54) is 0 Å². The van der Waals surface area contributed by atoms with E-state index in [1.54, 1.807) is 18.2 Å². The van der Waals surface area contributed by atoms with Gasteiger partial charge >= 0.3 is 0 Å². The van der Waals surface area contributed by atoms with Crippen LogP contribution in [0.5, 0.6) is 0 Å². The van der Waals surface area contributed by atoms with E-state index in [9.17, 15) is 0 Å². The molecule has 0 aliphatic rings. The van der Waals surface area contributed by atoms with E-state index in [1.807, 2.05) is 103 Å². The molecule has 0 N–H and O–H groups in total. The largest absolute Gasteiger partial charge is 0.456 e. The maximum atomic E-state index is 9.00. The summed E-state index contributed by atoms with van der Waals surface area (Å²) in [5.74, 6) is 1.17. The lowest BCUT2D eigenvalue weighted by molar-refractivity contribution is 0.669. The average molecular weight is 649 g/mol. The predicted octanol–water partition coefficient (Wildman–Crippen LogP) is 12.0. The SMILES string of the molecule is [2H]c1c([2H])c([2H])c2c(oc3c(-c4cccc(-c5nc(-c6cccc(-c7ccccc7)c6)nc(-c6ccc7c(c6)oc6ccccc67)n5)c4)c([2H])c([2H])c([2H])c32)c1[2H]. The number of rotatable bonds is 5. The lowest BCUT2D eigenvalue weighted by Gasteiger charge is -2.11. The molecule has 50 heavy (non-hydrogen) atoms. The van der Waals surface area contributed by atoms with Crippen LogP contribution in [0, 0.1) is 0 Å². The molecule has 0 spiro atoms. The molecule has 0 radical (unpaired) electrons. The molecule has 0 aliphatic carbocycles. The minimum atomic E-state index is -0.478. The van der Waals surface area contributed by atoms with Crippen molar-refractivity contribution in [2.24, 2.45) is 0 Å². The molecule has 0 saturated heterocycles. The number of benzene rings is 7. The van der Waals surface area contributed by atoms with Crippen molar-refractivity contribution in [2.45, 2.75) is 0 Å². The van der Waals surface area contributed by atoms with Gasteiger partial charge in [0.1, 0.15) is 22.3 Å². The standard InChI is InChI=1S/C45H27N3O2/c1-2-11-28(12-3-1)29-13-8-15-31(25-29)43-46-44(48-45(47-43)33-23-24-37-35-17-4-6-21-39(35)49-41(37)27-33)32-16-9-14-30(26-32)34-19-10-20-38-36-18-5-7-22-40(36)50-42(34)38/h1-27H/i5D,7D,10D,18D,19D,20D,22D. The Morgan fingerprint density at radius 2 is 1.00 bits per heavy atom. The van der Waals surface area contributed by atoms with Gasteiger partial charge in [0.25, 0.3) is 0 Å². The van der Waals surface area contributed by atoms with E-state index < -0.39 is 24.2 Å². The van der Waals surface area contributed by atoms with Crippen molar-refractivity contribution in [3.05, 3.63) is 164 Å². The first-order chi connectivity index (χ1) is 27.7. The van der Waals surface area contributed by atoms with E-state index in [-0.39, 0.29) is 45.6 Å². The smallest absolute Gasteiger partial charge is 0.164 e. The zero-order valence-electron chi connectivity index (χ0n) is 33.2. The zero-order valence-corrected chi connectivity index (χ0v) is 26.2. The molecular formula is C45H27N3O2. The van der Waals surface area contributed by atoms with Crippen LogP contribution in [0.3, 0.4) is 0 Å². The Morgan fingerprint density at radius 3 is 1.82 bits per heavy atom. The van der Waals surface area contributed by atoms with Crippen molar-refractivity contribution < 1.29 is 18.4 Å². The van der Waals surface area contributed by atoms with Gasteiger partial charge in [0.05, 0.1) is 9.60 Å². The van der Waals surface area contributed by atoms with Crippen LogP contribution in [0.2, 0.25) is 0 Å². The molecule has 7 aromatic carbocycles. The number of nitrogens with zero attached hydrogens (tertiary/aromatic N) is 3. The van der Waals surface area contributed by atoms with Gasteiger partial charge in [-0.25, -0.2) is 15.0 Å². The monoisotopic (exact) mass is 648 g/mol. The minimum Gasteiger partial charge on any atom is -0.456 e. The van der Waals surface area contributed by atoms with Gasteiger partial charge in [-0.1, -0.05) is 127 Å². The Morgan fingerprint density at radius 1 is 0.380 bits per heavy atom. The topological polar surface area (TPSA) is 65.0 Å². The van der Waals surface area contributed by atoms with E-state index in [4.69, 9.17) is 33.4 Å². The highest BCUT2D eigenvalue weighted by atomic mass is 16.3. The van der Waals surface area contributed by atoms with E-state index in [0.717, 1.165) is 33.0 Å². The summed E-state index contributed by atoms with van der Waals surface area (Å²) in [4.78, 5) is 14.9. The number of furan rings is 2. The summed E-state index contributed by atoms with van der Waals surface area (Å²) in [7, 11) is 0. The highest BCUT2D eigenvalue weighted by Gasteiger charge is 2.17. The molecule has 234 valence electrons. The zero-order chi connectivity index (χ0) is 39.1. The molecule has 0 fully saturated rings. The summed E-state index contributed by atoms with van der Waals surface area (Å²) < 4.78 is 72.4. The van der Waals surface area contributed by atoms with Crippen LogP contribution in [0.25, 0.3) is 100 Å². The Bertz CT molecular complexity index is 3290. The van der Waals surface area contributed by atoms with Crippen molar-refractivity contribution in [1.82, 2.24) is 15.0 Å². The molecular weight excluding hydrogens is 615 g/mol. The van der Waals surface area contributed by atoms with Crippen LogP contribution >= 0.6 is 0 Å². The summed E-state index contributed by atoms with van der Waals surface area (Å²) in [6.45, 7) is 0. The maximum Gasteiger partial charge on any atom is 0.164 e. The van der Waals surface area contributed by atoms with Gasteiger partial charge < -0.3 is 8.83 Å². The lowest BCUT2D eigenvalue weighted by atomic mass is 10.00. The number of aromatic nitrogens is 3. The molecule has 10 rings (SSSR count). The molecule has 3 aromatic heterocycles. The fourth-order valence-corrected chi connectivity index (χ4v) is 6.44. The third-order valence-corrected chi connectivity index (χ3v) is 8.85. The molecule has 0 amide bonds. The minimum absolute atomic E-state index is 0.00203. The first-order valence-electron chi connectivity index (χ1n) is 19.5. The van der Waals surface area contributed by atoms with Crippen LogP contribution in [-0.4, -0.2) is 15.0 Å². The number of hydrogen-bond acceptors (Lipinski definition) is 5. The Hall–Kier alpha value is -6.85. The lowest BCUT2D eigenvalue weighted by Crippen LogP contribution is -2.00. The van der Waals surface area contributed by atoms with Gasteiger partial charge in [-0.3, -0.25) is 0 Å². The molecule has 5 heteroatoms. The van der Waals surface area contributed by atoms with Crippen molar-refractivity contribution in [1.29, 1.82) is 0 Å². The molecule has 10 aromatic rings. The van der Waals surface area contributed by atoms with E-state index >= 15 is 0 Å². The third-order valence-electron chi connectivity index (χ3n) is 8.85. The van der Waals surface area contributed by atoms with E-state index in [0.29, 0.717) is 39.7 Å². The highest BCUT2D eigenvalue weighted by Crippen LogP contribution is 2.38. The fourth-order valence-electron chi connectivity index (χ4n) is 6.44. The van der Waals surface area contributed by atoms with Crippen LogP contribution < -0.4 is 0 Å². The molecule has 0 bridgehead atoms. The van der Waals surface area contributed by atoms with Crippen LogP contribution in [-0.2, 0) is 0 Å². The van der Waals surface area contributed by atoms with Gasteiger partial charge in [-0.15, -0.1) is 0 Å². The summed E-state index contributed by atoms with van der Waals surface area (Å²) in [6.07, 6.45) is 0. The van der Waals surface area contributed by atoms with Gasteiger partial charge in [0.2, 0.25) is 0 Å². The highest BCUT2D eigenvalue weighted by molar-refractivity contribution is 6.09. The first-order valence-corrected chi connectivity index (χ1v) is 16.0. The summed E-state index contributed by atoms with van der Waals surface area (Å²) in [6, 6.07) is 36.1. The normalized spacial score (nSPS) is 13.6. The van der Waals surface area contributed by atoms with Crippen molar-refractivity contribution >= 4 is 43.9 Å². The quantitative estimate of drug-likeness (QED) is 0.186. The number of fused-ring (bicyclic) bond motifs is 6. The summed E-state index contributed by atoms with van der Waals surface area (Å²) in [5, 5.41) is 2.02.